The first-order valence-corrected chi connectivity index (χ1v) is 8.65. The van der Waals surface area contributed by atoms with Gasteiger partial charge in [-0.25, -0.2) is 13.2 Å². The number of esters is 1. The maximum atomic E-state index is 15.1. The van der Waals surface area contributed by atoms with Gasteiger partial charge in [0.05, 0.1) is 18.6 Å². The van der Waals surface area contributed by atoms with Crippen LogP contribution in [0.2, 0.25) is 0 Å². The van der Waals surface area contributed by atoms with E-state index in [0.29, 0.717) is 5.56 Å². The number of rotatable bonds is 5. The molecule has 0 aromatic heterocycles. The third kappa shape index (κ3) is 4.72. The van der Waals surface area contributed by atoms with Crippen LogP contribution in [0.3, 0.4) is 0 Å². The number of aryl methyl sites for hydroxylation is 2. The van der Waals surface area contributed by atoms with Crippen molar-refractivity contribution in [3.8, 4) is 11.1 Å². The first kappa shape index (κ1) is 22.7. The van der Waals surface area contributed by atoms with Gasteiger partial charge < -0.3 is 10.5 Å². The zero-order valence-electron chi connectivity index (χ0n) is 15.9. The molecule has 0 radical (unpaired) electrons. The van der Waals surface area contributed by atoms with Crippen molar-refractivity contribution in [2.75, 3.05) is 6.61 Å². The molecule has 0 saturated carbocycles. The summed E-state index contributed by atoms with van der Waals surface area (Å²) in [7, 11) is 0. The minimum atomic E-state index is -5.19. The van der Waals surface area contributed by atoms with Gasteiger partial charge >= 0.3 is 12.1 Å². The number of hydrogen-bond acceptors (Lipinski definition) is 3. The molecule has 0 fully saturated rings. The third-order valence-electron chi connectivity index (χ3n) is 4.30. The predicted octanol–water partition coefficient (Wildman–Crippen LogP) is 5.36. The lowest BCUT2D eigenvalue weighted by Gasteiger charge is -2.20. The normalized spacial score (nSPS) is 12.8. The van der Waals surface area contributed by atoms with Gasteiger partial charge in [0.1, 0.15) is 17.5 Å². The maximum absolute atomic E-state index is 15.1. The number of hydrogen-bond donors (Lipinski definition) is 1. The number of alkyl halides is 3. The average molecular weight is 419 g/mol. The minimum Gasteiger partial charge on any atom is -0.466 e. The fraction of sp³-hybridized carbons (Fsp3) is 0.350. The summed E-state index contributed by atoms with van der Waals surface area (Å²) in [5.74, 6) is -5.31. The van der Waals surface area contributed by atoms with E-state index in [0.717, 1.165) is 6.07 Å². The molecule has 2 aromatic carbocycles. The first-order chi connectivity index (χ1) is 13.4. The zero-order chi connectivity index (χ0) is 22.1. The molecule has 158 valence electrons. The summed E-state index contributed by atoms with van der Waals surface area (Å²) >= 11 is 0. The molecule has 0 aliphatic rings. The summed E-state index contributed by atoms with van der Waals surface area (Å²) < 4.78 is 89.0. The van der Waals surface area contributed by atoms with E-state index >= 15 is 4.39 Å². The molecule has 0 unspecified atom stereocenters. The molecule has 0 spiro atoms. The van der Waals surface area contributed by atoms with Gasteiger partial charge in [-0.3, -0.25) is 4.79 Å². The lowest BCUT2D eigenvalue weighted by molar-refractivity contribution is -0.143. The molecular formula is C20H19F6NO2. The van der Waals surface area contributed by atoms with Crippen molar-refractivity contribution in [3.05, 3.63) is 57.9 Å². The SMILES string of the molecule is CCOC(=O)C[C@H](N)c1c(F)c(-c2c(C)cc(C)cc2F)cc(C(F)(F)F)c1F. The molecule has 1 atom stereocenters. The van der Waals surface area contributed by atoms with E-state index in [-0.39, 0.29) is 18.2 Å². The highest BCUT2D eigenvalue weighted by atomic mass is 19.4. The van der Waals surface area contributed by atoms with Gasteiger partial charge in [0.25, 0.3) is 0 Å². The van der Waals surface area contributed by atoms with Crippen molar-refractivity contribution in [2.24, 2.45) is 5.73 Å². The van der Waals surface area contributed by atoms with Crippen molar-refractivity contribution < 1.29 is 35.9 Å². The van der Waals surface area contributed by atoms with E-state index in [1.807, 2.05) is 0 Å². The highest BCUT2D eigenvalue weighted by Crippen LogP contribution is 2.41. The fourth-order valence-electron chi connectivity index (χ4n) is 3.13. The van der Waals surface area contributed by atoms with Gasteiger partial charge in [0.2, 0.25) is 0 Å². The van der Waals surface area contributed by atoms with Gasteiger partial charge in [-0.15, -0.1) is 0 Å². The topological polar surface area (TPSA) is 52.3 Å². The molecule has 0 saturated heterocycles. The van der Waals surface area contributed by atoms with E-state index in [1.165, 1.54) is 19.9 Å². The van der Waals surface area contributed by atoms with Gasteiger partial charge in [-0.2, -0.15) is 13.2 Å². The Kier molecular flexibility index (Phi) is 6.62. The van der Waals surface area contributed by atoms with Crippen LogP contribution in [0.25, 0.3) is 11.1 Å². The fourth-order valence-corrected chi connectivity index (χ4v) is 3.13. The first-order valence-electron chi connectivity index (χ1n) is 8.65. The number of benzene rings is 2. The zero-order valence-corrected chi connectivity index (χ0v) is 15.9. The maximum Gasteiger partial charge on any atom is 0.419 e. The Hall–Kier alpha value is -2.55. The van der Waals surface area contributed by atoms with Crippen LogP contribution in [0.1, 0.15) is 41.6 Å². The Balaban J connectivity index is 2.79. The molecule has 0 amide bonds. The van der Waals surface area contributed by atoms with E-state index in [4.69, 9.17) is 5.73 Å². The van der Waals surface area contributed by atoms with Gasteiger partial charge in [-0.05, 0) is 44.0 Å². The number of halogens is 6. The van der Waals surface area contributed by atoms with Gasteiger partial charge in [0.15, 0.2) is 0 Å². The van der Waals surface area contributed by atoms with Crippen LogP contribution in [0.5, 0.6) is 0 Å². The summed E-state index contributed by atoms with van der Waals surface area (Å²) in [6, 6.07) is 0.930. The van der Waals surface area contributed by atoms with E-state index in [2.05, 4.69) is 4.74 Å². The standard InChI is InChI=1S/C20H19F6NO2/c1-4-29-15(28)8-14(27)17-18(22)11(7-12(19(17)23)20(24,25)26)16-10(3)5-9(2)6-13(16)21/h5-7,14H,4,8,27H2,1-3H3/t14-/m0/s1. The number of carbonyl (C=O) groups excluding carboxylic acids is 1. The van der Waals surface area contributed by atoms with Crippen LogP contribution >= 0.6 is 0 Å². The van der Waals surface area contributed by atoms with Crippen molar-refractivity contribution >= 4 is 5.97 Å². The van der Waals surface area contributed by atoms with E-state index in [1.54, 1.807) is 6.92 Å². The Morgan fingerprint density at radius 3 is 2.24 bits per heavy atom. The van der Waals surface area contributed by atoms with E-state index in [9.17, 15) is 26.7 Å². The van der Waals surface area contributed by atoms with Crippen molar-refractivity contribution in [3.63, 3.8) is 0 Å². The molecule has 29 heavy (non-hydrogen) atoms. The summed E-state index contributed by atoms with van der Waals surface area (Å²) in [5, 5.41) is 0. The molecule has 0 heterocycles. The summed E-state index contributed by atoms with van der Waals surface area (Å²) in [5.41, 5.74) is 2.09. The highest BCUT2D eigenvalue weighted by Gasteiger charge is 2.39. The Morgan fingerprint density at radius 2 is 1.72 bits per heavy atom. The Morgan fingerprint density at radius 1 is 1.10 bits per heavy atom. The van der Waals surface area contributed by atoms with Crippen LogP contribution in [0, 0.1) is 31.3 Å². The van der Waals surface area contributed by atoms with E-state index < -0.39 is 64.3 Å². The second kappa shape index (κ2) is 8.44. The number of ether oxygens (including phenoxy) is 1. The molecular weight excluding hydrogens is 400 g/mol. The number of nitrogens with two attached hydrogens (primary N) is 1. The molecule has 2 N–H and O–H groups in total. The number of carbonyl (C=O) groups is 1. The van der Waals surface area contributed by atoms with Crippen LogP contribution in [-0.2, 0) is 15.7 Å². The van der Waals surface area contributed by atoms with Gasteiger partial charge in [0, 0.05) is 22.7 Å². The molecule has 2 rings (SSSR count). The minimum absolute atomic E-state index is 0.0435. The second-order valence-corrected chi connectivity index (χ2v) is 6.57. The quantitative estimate of drug-likeness (QED) is 0.525. The largest absolute Gasteiger partial charge is 0.466 e. The summed E-state index contributed by atoms with van der Waals surface area (Å²) in [6.45, 7) is 4.39. The lowest BCUT2D eigenvalue weighted by atomic mass is 9.90. The predicted molar refractivity (Wildman–Crippen MR) is 94.4 cm³/mol. The van der Waals surface area contributed by atoms with Crippen molar-refractivity contribution in [1.29, 1.82) is 0 Å². The van der Waals surface area contributed by atoms with Crippen molar-refractivity contribution in [1.82, 2.24) is 0 Å². The van der Waals surface area contributed by atoms with Crippen LogP contribution in [0.4, 0.5) is 26.3 Å². The highest BCUT2D eigenvalue weighted by molar-refractivity contribution is 5.73. The molecule has 3 nitrogen and oxygen atoms in total. The molecule has 0 aliphatic carbocycles. The average Bonchev–Trinajstić information content (AvgIpc) is 2.54. The lowest BCUT2D eigenvalue weighted by Crippen LogP contribution is -2.22. The molecule has 2 aromatic rings. The Bertz CT molecular complexity index is 917. The van der Waals surface area contributed by atoms with Crippen LogP contribution in [-0.4, -0.2) is 12.6 Å². The summed E-state index contributed by atoms with van der Waals surface area (Å²) in [4.78, 5) is 11.6. The Labute approximate surface area is 163 Å². The van der Waals surface area contributed by atoms with Crippen LogP contribution in [0.15, 0.2) is 18.2 Å². The summed E-state index contributed by atoms with van der Waals surface area (Å²) in [6.07, 6.45) is -5.95. The van der Waals surface area contributed by atoms with Gasteiger partial charge in [-0.1, -0.05) is 6.07 Å². The third-order valence-corrected chi connectivity index (χ3v) is 4.30. The molecule has 9 heteroatoms. The van der Waals surface area contributed by atoms with Crippen molar-refractivity contribution in [2.45, 2.75) is 39.4 Å². The molecule has 0 bridgehead atoms. The molecule has 0 aliphatic heterocycles. The van der Waals surface area contributed by atoms with Crippen LogP contribution < -0.4 is 5.73 Å². The second-order valence-electron chi connectivity index (χ2n) is 6.57. The smallest absolute Gasteiger partial charge is 0.419 e. The monoisotopic (exact) mass is 419 g/mol.